The zero-order chi connectivity index (χ0) is 8.48. The van der Waals surface area contributed by atoms with Gasteiger partial charge in [-0.1, -0.05) is 0 Å². The minimum atomic E-state index is -3.52. The normalized spacial score (nSPS) is 11.5. The molecule has 0 saturated heterocycles. The summed E-state index contributed by atoms with van der Waals surface area (Å²) in [5.74, 6) is -4.18. The summed E-state index contributed by atoms with van der Waals surface area (Å²) in [5, 5.41) is 0. The van der Waals surface area contributed by atoms with E-state index in [4.69, 9.17) is 0 Å². The molecule has 0 aliphatic carbocycles. The van der Waals surface area contributed by atoms with Gasteiger partial charge < -0.3 is 4.42 Å². The zero-order valence-electron chi connectivity index (χ0n) is 5.18. The van der Waals surface area contributed by atoms with Gasteiger partial charge in [-0.3, -0.25) is 4.79 Å². The van der Waals surface area contributed by atoms with E-state index in [-0.39, 0.29) is 4.67 Å². The number of alkyl halides is 2. The van der Waals surface area contributed by atoms with E-state index in [0.717, 1.165) is 6.07 Å². The van der Waals surface area contributed by atoms with Crippen LogP contribution in [0.4, 0.5) is 8.78 Å². The number of carbonyl (C=O) groups excluding carboxylic acids is 1. The lowest BCUT2D eigenvalue weighted by Crippen LogP contribution is -2.13. The molecule has 0 unspecified atom stereocenters. The second-order valence-electron chi connectivity index (χ2n) is 1.84. The predicted octanol–water partition coefficient (Wildman–Crippen LogP) is 2.33. The molecule has 0 atom stereocenters. The van der Waals surface area contributed by atoms with Gasteiger partial charge in [0.2, 0.25) is 0 Å². The highest BCUT2D eigenvalue weighted by Crippen LogP contribution is 2.28. The Morgan fingerprint density at radius 1 is 1.55 bits per heavy atom. The highest BCUT2D eigenvalue weighted by atomic mass is 79.9. The molecule has 0 aliphatic heterocycles. The summed E-state index contributed by atoms with van der Waals surface area (Å²) in [7, 11) is 0. The van der Waals surface area contributed by atoms with Gasteiger partial charge in [0.05, 0.1) is 0 Å². The number of aldehydes is 1. The molecule has 11 heavy (non-hydrogen) atoms. The van der Waals surface area contributed by atoms with Gasteiger partial charge in [-0.15, -0.1) is 0 Å². The molecule has 0 aliphatic rings. The SMILES string of the molecule is O=CC(F)(F)c1ccc(Br)o1. The third kappa shape index (κ3) is 1.65. The summed E-state index contributed by atoms with van der Waals surface area (Å²) in [6.07, 6.45) is -0.460. The summed E-state index contributed by atoms with van der Waals surface area (Å²) >= 11 is 2.84. The van der Waals surface area contributed by atoms with E-state index < -0.39 is 18.0 Å². The van der Waals surface area contributed by atoms with Crippen molar-refractivity contribution in [2.45, 2.75) is 5.92 Å². The molecule has 1 rings (SSSR count). The smallest absolute Gasteiger partial charge is 0.358 e. The predicted molar refractivity (Wildman–Crippen MR) is 36.4 cm³/mol. The van der Waals surface area contributed by atoms with Crippen molar-refractivity contribution in [3.63, 3.8) is 0 Å². The average molecular weight is 225 g/mol. The second kappa shape index (κ2) is 2.73. The van der Waals surface area contributed by atoms with Crippen LogP contribution >= 0.6 is 15.9 Å². The van der Waals surface area contributed by atoms with Crippen molar-refractivity contribution < 1.29 is 18.0 Å². The molecule has 0 bridgehead atoms. The third-order valence-corrected chi connectivity index (χ3v) is 1.48. The van der Waals surface area contributed by atoms with Crippen LogP contribution in [0.15, 0.2) is 21.2 Å². The molecule has 60 valence electrons. The van der Waals surface area contributed by atoms with Crippen molar-refractivity contribution in [1.82, 2.24) is 0 Å². The molecule has 0 saturated carbocycles. The molecule has 0 aromatic carbocycles. The first-order chi connectivity index (χ1) is 5.06. The summed E-state index contributed by atoms with van der Waals surface area (Å²) in [6.45, 7) is 0. The van der Waals surface area contributed by atoms with Gasteiger partial charge in [-0.2, -0.15) is 8.78 Å². The molecule has 2 nitrogen and oxygen atoms in total. The summed E-state index contributed by atoms with van der Waals surface area (Å²) in [6, 6.07) is 2.34. The van der Waals surface area contributed by atoms with Gasteiger partial charge in [0, 0.05) is 0 Å². The fourth-order valence-electron chi connectivity index (χ4n) is 0.552. The molecule has 1 aromatic heterocycles. The minimum Gasteiger partial charge on any atom is -0.447 e. The largest absolute Gasteiger partial charge is 0.447 e. The van der Waals surface area contributed by atoms with Crippen LogP contribution in [-0.2, 0) is 10.7 Å². The van der Waals surface area contributed by atoms with Crippen LogP contribution in [0.1, 0.15) is 5.76 Å². The van der Waals surface area contributed by atoms with Crippen LogP contribution in [0.5, 0.6) is 0 Å². The summed E-state index contributed by atoms with van der Waals surface area (Å²) < 4.78 is 29.5. The Balaban J connectivity index is 3.01. The van der Waals surface area contributed by atoms with Crippen molar-refractivity contribution in [3.8, 4) is 0 Å². The number of hydrogen-bond donors (Lipinski definition) is 0. The highest BCUT2D eigenvalue weighted by molar-refractivity contribution is 9.10. The fourth-order valence-corrected chi connectivity index (χ4v) is 0.858. The van der Waals surface area contributed by atoms with Crippen molar-refractivity contribution in [2.24, 2.45) is 0 Å². The van der Waals surface area contributed by atoms with Gasteiger partial charge in [0.25, 0.3) is 0 Å². The van der Waals surface area contributed by atoms with Gasteiger partial charge in [-0.05, 0) is 28.1 Å². The maximum atomic E-state index is 12.4. The Morgan fingerprint density at radius 2 is 2.18 bits per heavy atom. The molecule has 0 radical (unpaired) electrons. The van der Waals surface area contributed by atoms with Crippen LogP contribution in [0.3, 0.4) is 0 Å². The fraction of sp³-hybridized carbons (Fsp3) is 0.167. The molecule has 1 aromatic rings. The van der Waals surface area contributed by atoms with E-state index in [0.29, 0.717) is 0 Å². The Kier molecular flexibility index (Phi) is 2.08. The molecule has 5 heteroatoms. The lowest BCUT2D eigenvalue weighted by Gasteiger charge is -2.02. The Labute approximate surface area is 69.3 Å². The van der Waals surface area contributed by atoms with Crippen LogP contribution in [0.2, 0.25) is 0 Å². The molecule has 0 amide bonds. The number of hydrogen-bond acceptors (Lipinski definition) is 2. The lowest BCUT2D eigenvalue weighted by molar-refractivity contribution is -0.132. The number of rotatable bonds is 2. The van der Waals surface area contributed by atoms with E-state index >= 15 is 0 Å². The average Bonchev–Trinajstić information content (AvgIpc) is 2.36. The van der Waals surface area contributed by atoms with Gasteiger partial charge >= 0.3 is 5.92 Å². The molecular formula is C6H3BrF2O2. The molecule has 0 N–H and O–H groups in total. The van der Waals surface area contributed by atoms with Crippen LogP contribution in [0, 0.1) is 0 Å². The highest BCUT2D eigenvalue weighted by Gasteiger charge is 2.34. The van der Waals surface area contributed by atoms with Crippen molar-refractivity contribution in [3.05, 3.63) is 22.6 Å². The number of carbonyl (C=O) groups is 1. The van der Waals surface area contributed by atoms with Crippen LogP contribution < -0.4 is 0 Å². The minimum absolute atomic E-state index is 0.175. The van der Waals surface area contributed by atoms with Gasteiger partial charge in [0.1, 0.15) is 0 Å². The number of furan rings is 1. The van der Waals surface area contributed by atoms with E-state index in [1.165, 1.54) is 6.07 Å². The maximum Gasteiger partial charge on any atom is 0.358 e. The van der Waals surface area contributed by atoms with Crippen molar-refractivity contribution in [1.29, 1.82) is 0 Å². The first-order valence-electron chi connectivity index (χ1n) is 2.66. The van der Waals surface area contributed by atoms with E-state index in [1.807, 2.05) is 0 Å². The van der Waals surface area contributed by atoms with Crippen molar-refractivity contribution >= 4 is 22.2 Å². The standard InChI is InChI=1S/C6H3BrF2O2/c7-5-2-1-4(11-5)6(8,9)3-10/h1-3H. The van der Waals surface area contributed by atoms with Crippen LogP contribution in [0.25, 0.3) is 0 Å². The molecule has 1 heterocycles. The Bertz CT molecular complexity index is 269. The lowest BCUT2D eigenvalue weighted by atomic mass is 10.3. The maximum absolute atomic E-state index is 12.4. The quantitative estimate of drug-likeness (QED) is 0.723. The Hall–Kier alpha value is -0.710. The monoisotopic (exact) mass is 224 g/mol. The van der Waals surface area contributed by atoms with Crippen LogP contribution in [-0.4, -0.2) is 6.29 Å². The van der Waals surface area contributed by atoms with Gasteiger partial charge in [-0.25, -0.2) is 0 Å². The summed E-state index contributed by atoms with van der Waals surface area (Å²) in [5.41, 5.74) is 0. The molecule has 0 spiro atoms. The topological polar surface area (TPSA) is 30.2 Å². The number of halogens is 3. The summed E-state index contributed by atoms with van der Waals surface area (Å²) in [4.78, 5) is 9.81. The van der Waals surface area contributed by atoms with Gasteiger partial charge in [0.15, 0.2) is 16.7 Å². The molecule has 0 fully saturated rings. The first kappa shape index (κ1) is 8.39. The third-order valence-electron chi connectivity index (χ3n) is 1.05. The second-order valence-corrected chi connectivity index (χ2v) is 2.63. The van der Waals surface area contributed by atoms with Crippen molar-refractivity contribution in [2.75, 3.05) is 0 Å². The zero-order valence-corrected chi connectivity index (χ0v) is 6.77. The first-order valence-corrected chi connectivity index (χ1v) is 3.45. The van der Waals surface area contributed by atoms with E-state index in [2.05, 4.69) is 20.3 Å². The molecular weight excluding hydrogens is 222 g/mol. The van der Waals surface area contributed by atoms with E-state index in [9.17, 15) is 13.6 Å². The Morgan fingerprint density at radius 3 is 2.55 bits per heavy atom. The van der Waals surface area contributed by atoms with E-state index in [1.54, 1.807) is 0 Å².